The third kappa shape index (κ3) is 1.99. The minimum absolute atomic E-state index is 0.170. The number of carbonyl (C=O) groups excluding carboxylic acids is 1. The highest BCUT2D eigenvalue weighted by molar-refractivity contribution is 6.02. The molecule has 4 heterocycles. The molecule has 0 fully saturated rings. The predicted molar refractivity (Wildman–Crippen MR) is 78.2 cm³/mol. The number of rotatable bonds is 3. The average molecular weight is 293 g/mol. The maximum Gasteiger partial charge on any atom is 0.290 e. The first-order valence-corrected chi connectivity index (χ1v) is 6.73. The minimum atomic E-state index is -0.322. The topological polar surface area (TPSA) is 85.3 Å². The lowest BCUT2D eigenvalue weighted by Crippen LogP contribution is -2.22. The number of hydrogen-bond donors (Lipinski definition) is 1. The van der Waals surface area contributed by atoms with Crippen molar-refractivity contribution in [3.05, 3.63) is 60.2 Å². The van der Waals surface area contributed by atoms with Gasteiger partial charge in [-0.3, -0.25) is 4.79 Å². The van der Waals surface area contributed by atoms with Crippen molar-refractivity contribution in [2.75, 3.05) is 0 Å². The lowest BCUT2D eigenvalue weighted by Gasteiger charge is -2.05. The first-order chi connectivity index (χ1) is 10.8. The van der Waals surface area contributed by atoms with E-state index in [0.29, 0.717) is 17.6 Å². The minimum Gasteiger partial charge on any atom is -0.348 e. The Labute approximate surface area is 124 Å². The summed E-state index contributed by atoms with van der Waals surface area (Å²) in [5.74, 6) is -0.152. The molecule has 0 aliphatic rings. The Bertz CT molecular complexity index is 972. The summed E-state index contributed by atoms with van der Waals surface area (Å²) in [6.45, 7) is 0.372. The lowest BCUT2D eigenvalue weighted by molar-refractivity contribution is 0.0916. The fraction of sp³-hybridized carbons (Fsp3) is 0.0667. The highest BCUT2D eigenvalue weighted by Gasteiger charge is 2.17. The molecule has 4 rings (SSSR count). The van der Waals surface area contributed by atoms with E-state index in [1.807, 2.05) is 24.4 Å². The molecule has 1 N–H and O–H groups in total. The van der Waals surface area contributed by atoms with Gasteiger partial charge in [-0.2, -0.15) is 5.10 Å². The Balaban J connectivity index is 1.59. The molecule has 108 valence electrons. The standard InChI is InChI=1S/C15H11N5O2/c21-15(13-11-4-1-6-16-14(11)19-22-13)17-9-10-3-2-8-20-12(10)5-7-18-20/h1-8H,9H2,(H,17,21). The van der Waals surface area contributed by atoms with Crippen LogP contribution in [0.2, 0.25) is 0 Å². The second-order valence-electron chi connectivity index (χ2n) is 4.76. The normalized spacial score (nSPS) is 11.1. The molecule has 7 nitrogen and oxygen atoms in total. The van der Waals surface area contributed by atoms with Crippen LogP contribution in [-0.4, -0.2) is 25.7 Å². The second kappa shape index (κ2) is 4.96. The van der Waals surface area contributed by atoms with Crippen LogP contribution >= 0.6 is 0 Å². The molecule has 0 spiro atoms. The molecule has 0 aromatic carbocycles. The largest absolute Gasteiger partial charge is 0.348 e. The summed E-state index contributed by atoms with van der Waals surface area (Å²) in [5.41, 5.74) is 2.34. The zero-order valence-corrected chi connectivity index (χ0v) is 11.4. The molecule has 1 amide bonds. The molecule has 0 aliphatic carbocycles. The molecular formula is C15H11N5O2. The van der Waals surface area contributed by atoms with Crippen LogP contribution in [0.3, 0.4) is 0 Å². The smallest absolute Gasteiger partial charge is 0.290 e. The van der Waals surface area contributed by atoms with E-state index in [4.69, 9.17) is 4.52 Å². The summed E-state index contributed by atoms with van der Waals surface area (Å²) in [4.78, 5) is 16.3. The van der Waals surface area contributed by atoms with E-state index < -0.39 is 0 Å². The van der Waals surface area contributed by atoms with E-state index in [9.17, 15) is 4.79 Å². The molecule has 0 aliphatic heterocycles. The average Bonchev–Trinajstić information content (AvgIpc) is 3.19. The number of pyridine rings is 2. The Morgan fingerprint density at radius 3 is 3.14 bits per heavy atom. The maximum absolute atomic E-state index is 12.3. The molecule has 0 atom stereocenters. The highest BCUT2D eigenvalue weighted by atomic mass is 16.5. The number of aromatic nitrogens is 4. The van der Waals surface area contributed by atoms with Crippen LogP contribution in [0.4, 0.5) is 0 Å². The maximum atomic E-state index is 12.3. The molecule has 22 heavy (non-hydrogen) atoms. The number of carbonyl (C=O) groups is 1. The van der Waals surface area contributed by atoms with Crippen molar-refractivity contribution in [3.63, 3.8) is 0 Å². The van der Waals surface area contributed by atoms with Gasteiger partial charge in [0.2, 0.25) is 11.4 Å². The van der Waals surface area contributed by atoms with Crippen LogP contribution in [0.15, 0.2) is 53.4 Å². The van der Waals surface area contributed by atoms with Crippen LogP contribution in [0.5, 0.6) is 0 Å². The fourth-order valence-electron chi connectivity index (χ4n) is 2.37. The van der Waals surface area contributed by atoms with Crippen LogP contribution in [0.1, 0.15) is 16.1 Å². The van der Waals surface area contributed by atoms with Crippen LogP contribution in [-0.2, 0) is 6.54 Å². The molecule has 4 aromatic heterocycles. The zero-order chi connectivity index (χ0) is 14.9. The van der Waals surface area contributed by atoms with Gasteiger partial charge in [0.15, 0.2) is 0 Å². The Morgan fingerprint density at radius 2 is 2.18 bits per heavy atom. The molecule has 0 unspecified atom stereocenters. The third-order valence-electron chi connectivity index (χ3n) is 3.42. The molecule has 0 bridgehead atoms. The Morgan fingerprint density at radius 1 is 1.23 bits per heavy atom. The van der Waals surface area contributed by atoms with E-state index in [-0.39, 0.29) is 11.7 Å². The van der Waals surface area contributed by atoms with Gasteiger partial charge in [0.1, 0.15) is 0 Å². The molecule has 7 heteroatoms. The summed E-state index contributed by atoms with van der Waals surface area (Å²) in [7, 11) is 0. The second-order valence-corrected chi connectivity index (χ2v) is 4.76. The number of nitrogens with one attached hydrogen (secondary N) is 1. The lowest BCUT2D eigenvalue weighted by atomic mass is 10.2. The van der Waals surface area contributed by atoms with Gasteiger partial charge >= 0.3 is 0 Å². The van der Waals surface area contributed by atoms with Crippen LogP contribution < -0.4 is 5.32 Å². The van der Waals surface area contributed by atoms with Crippen molar-refractivity contribution < 1.29 is 9.32 Å². The van der Waals surface area contributed by atoms with E-state index in [1.54, 1.807) is 29.0 Å². The number of fused-ring (bicyclic) bond motifs is 2. The van der Waals surface area contributed by atoms with Crippen molar-refractivity contribution in [1.82, 2.24) is 25.1 Å². The SMILES string of the molecule is O=C(NCc1cccn2nccc12)c1onc2ncccc12. The van der Waals surface area contributed by atoms with Crippen LogP contribution in [0, 0.1) is 0 Å². The summed E-state index contributed by atoms with van der Waals surface area (Å²) in [6.07, 6.45) is 5.18. The molecular weight excluding hydrogens is 282 g/mol. The van der Waals surface area contributed by atoms with Crippen LogP contribution in [0.25, 0.3) is 16.6 Å². The fourth-order valence-corrected chi connectivity index (χ4v) is 2.37. The zero-order valence-electron chi connectivity index (χ0n) is 11.4. The number of nitrogens with zero attached hydrogens (tertiary/aromatic N) is 4. The van der Waals surface area contributed by atoms with Gasteiger partial charge in [-0.15, -0.1) is 0 Å². The van der Waals surface area contributed by atoms with Crippen molar-refractivity contribution >= 4 is 22.5 Å². The van der Waals surface area contributed by atoms with Gasteiger partial charge < -0.3 is 9.84 Å². The summed E-state index contributed by atoms with van der Waals surface area (Å²) in [6, 6.07) is 9.22. The van der Waals surface area contributed by atoms with Crippen molar-refractivity contribution in [1.29, 1.82) is 0 Å². The number of hydrogen-bond acceptors (Lipinski definition) is 5. The van der Waals surface area contributed by atoms with Gasteiger partial charge in [0.05, 0.1) is 10.9 Å². The Hall–Kier alpha value is -3.22. The highest BCUT2D eigenvalue weighted by Crippen LogP contribution is 2.16. The third-order valence-corrected chi connectivity index (χ3v) is 3.42. The summed E-state index contributed by atoms with van der Waals surface area (Å²) in [5, 5.41) is 11.4. The molecule has 4 aromatic rings. The quantitative estimate of drug-likeness (QED) is 0.622. The van der Waals surface area contributed by atoms with Gasteiger partial charge in [0.25, 0.3) is 5.91 Å². The van der Waals surface area contributed by atoms with Crippen molar-refractivity contribution in [3.8, 4) is 0 Å². The Kier molecular flexibility index (Phi) is 2.82. The van der Waals surface area contributed by atoms with Gasteiger partial charge in [-0.25, -0.2) is 9.50 Å². The van der Waals surface area contributed by atoms with Gasteiger partial charge in [0, 0.05) is 25.1 Å². The van der Waals surface area contributed by atoms with E-state index in [0.717, 1.165) is 11.1 Å². The van der Waals surface area contributed by atoms with E-state index in [1.165, 1.54) is 0 Å². The van der Waals surface area contributed by atoms with Crippen molar-refractivity contribution in [2.45, 2.75) is 6.54 Å². The molecule has 0 saturated heterocycles. The molecule has 0 radical (unpaired) electrons. The first kappa shape index (κ1) is 12.5. The van der Waals surface area contributed by atoms with Gasteiger partial charge in [-0.05, 0) is 29.8 Å². The summed E-state index contributed by atoms with van der Waals surface area (Å²) < 4.78 is 6.85. The van der Waals surface area contributed by atoms with E-state index >= 15 is 0 Å². The van der Waals surface area contributed by atoms with Crippen molar-refractivity contribution in [2.24, 2.45) is 0 Å². The monoisotopic (exact) mass is 293 g/mol. The predicted octanol–water partition coefficient (Wildman–Crippen LogP) is 1.80. The number of amides is 1. The summed E-state index contributed by atoms with van der Waals surface area (Å²) >= 11 is 0. The molecule has 0 saturated carbocycles. The van der Waals surface area contributed by atoms with E-state index in [2.05, 4.69) is 20.6 Å². The van der Waals surface area contributed by atoms with Gasteiger partial charge in [-0.1, -0.05) is 11.2 Å². The first-order valence-electron chi connectivity index (χ1n) is 6.73.